The number of rotatable bonds is 5. The standard InChI is InChI=1S/C14H20F3N5O2/c1-2-20-5-7-21(8-6-20)12(23)9-18-13(24)11-3-4-19-22(11)10-14(15,16)17/h3-4H,2,5-10H2,1H3,(H,18,24). The molecule has 0 aromatic carbocycles. The van der Waals surface area contributed by atoms with Crippen LogP contribution in [0.25, 0.3) is 0 Å². The van der Waals surface area contributed by atoms with Crippen LogP contribution < -0.4 is 5.32 Å². The first-order valence-corrected chi connectivity index (χ1v) is 7.67. The molecule has 0 spiro atoms. The van der Waals surface area contributed by atoms with Crippen LogP contribution in [0.5, 0.6) is 0 Å². The van der Waals surface area contributed by atoms with Crippen molar-refractivity contribution in [3.05, 3.63) is 18.0 Å². The Labute approximate surface area is 137 Å². The molecule has 0 radical (unpaired) electrons. The molecule has 2 heterocycles. The van der Waals surface area contributed by atoms with Gasteiger partial charge >= 0.3 is 6.18 Å². The topological polar surface area (TPSA) is 70.5 Å². The lowest BCUT2D eigenvalue weighted by atomic mass is 10.3. The molecular formula is C14H20F3N5O2. The number of carbonyl (C=O) groups excluding carboxylic acids is 2. The molecule has 1 fully saturated rings. The van der Waals surface area contributed by atoms with Crippen molar-refractivity contribution in [2.24, 2.45) is 0 Å². The molecule has 24 heavy (non-hydrogen) atoms. The Hall–Kier alpha value is -2.10. The second-order valence-electron chi connectivity index (χ2n) is 5.49. The van der Waals surface area contributed by atoms with Crippen LogP contribution in [-0.2, 0) is 11.3 Å². The largest absolute Gasteiger partial charge is 0.408 e. The van der Waals surface area contributed by atoms with E-state index in [1.54, 1.807) is 4.90 Å². The van der Waals surface area contributed by atoms with Gasteiger partial charge in [0.25, 0.3) is 5.91 Å². The Morgan fingerprint density at radius 3 is 2.50 bits per heavy atom. The monoisotopic (exact) mass is 347 g/mol. The van der Waals surface area contributed by atoms with Crippen molar-refractivity contribution in [1.29, 1.82) is 0 Å². The number of hydrogen-bond donors (Lipinski definition) is 1. The number of amides is 2. The third-order valence-corrected chi connectivity index (χ3v) is 3.85. The van der Waals surface area contributed by atoms with Crippen LogP contribution in [0.2, 0.25) is 0 Å². The molecule has 7 nitrogen and oxygen atoms in total. The number of alkyl halides is 3. The minimum Gasteiger partial charge on any atom is -0.342 e. The molecule has 1 aliphatic rings. The fourth-order valence-electron chi connectivity index (χ4n) is 2.49. The first-order valence-electron chi connectivity index (χ1n) is 7.67. The number of carbonyl (C=O) groups is 2. The second kappa shape index (κ2) is 7.65. The van der Waals surface area contributed by atoms with Gasteiger partial charge in [-0.3, -0.25) is 14.3 Å². The normalized spacial score (nSPS) is 16.2. The Morgan fingerprint density at radius 1 is 1.25 bits per heavy atom. The van der Waals surface area contributed by atoms with Crippen molar-refractivity contribution < 1.29 is 22.8 Å². The number of nitrogens with one attached hydrogen (secondary N) is 1. The van der Waals surface area contributed by atoms with Crippen LogP contribution in [0.3, 0.4) is 0 Å². The average molecular weight is 347 g/mol. The van der Waals surface area contributed by atoms with Gasteiger partial charge in [0, 0.05) is 32.4 Å². The second-order valence-corrected chi connectivity index (χ2v) is 5.49. The van der Waals surface area contributed by atoms with E-state index in [4.69, 9.17) is 0 Å². The lowest BCUT2D eigenvalue weighted by molar-refractivity contribution is -0.142. The number of piperazine rings is 1. The van der Waals surface area contributed by atoms with Crippen molar-refractivity contribution in [2.75, 3.05) is 39.3 Å². The first kappa shape index (κ1) is 18.2. The van der Waals surface area contributed by atoms with Gasteiger partial charge in [-0.25, -0.2) is 0 Å². The SMILES string of the molecule is CCN1CCN(C(=O)CNC(=O)c2ccnn2CC(F)(F)F)CC1. The third-order valence-electron chi connectivity index (χ3n) is 3.85. The van der Waals surface area contributed by atoms with E-state index < -0.39 is 18.6 Å². The number of hydrogen-bond acceptors (Lipinski definition) is 4. The van der Waals surface area contributed by atoms with E-state index in [1.165, 1.54) is 6.07 Å². The Kier molecular flexibility index (Phi) is 5.81. The van der Waals surface area contributed by atoms with Crippen molar-refractivity contribution in [1.82, 2.24) is 24.9 Å². The van der Waals surface area contributed by atoms with Crippen LogP contribution >= 0.6 is 0 Å². The molecule has 1 aromatic rings. The summed E-state index contributed by atoms with van der Waals surface area (Å²) in [5.41, 5.74) is -0.226. The van der Waals surface area contributed by atoms with Gasteiger partial charge in [0.1, 0.15) is 12.2 Å². The highest BCUT2D eigenvalue weighted by atomic mass is 19.4. The van der Waals surface area contributed by atoms with E-state index in [-0.39, 0.29) is 18.1 Å². The van der Waals surface area contributed by atoms with Crippen molar-refractivity contribution in [3.63, 3.8) is 0 Å². The van der Waals surface area contributed by atoms with Gasteiger partial charge in [-0.1, -0.05) is 6.92 Å². The zero-order chi connectivity index (χ0) is 17.7. The molecule has 1 aromatic heterocycles. The van der Waals surface area contributed by atoms with Crippen LogP contribution in [0.1, 0.15) is 17.4 Å². The summed E-state index contributed by atoms with van der Waals surface area (Å²) in [6.45, 7) is 4.06. The van der Waals surface area contributed by atoms with Gasteiger partial charge < -0.3 is 15.1 Å². The maximum atomic E-state index is 12.4. The fraction of sp³-hybridized carbons (Fsp3) is 0.643. The summed E-state index contributed by atoms with van der Waals surface area (Å²) < 4.78 is 37.8. The molecule has 10 heteroatoms. The molecule has 0 saturated carbocycles. The smallest absolute Gasteiger partial charge is 0.342 e. The predicted molar refractivity (Wildman–Crippen MR) is 79.3 cm³/mol. The Morgan fingerprint density at radius 2 is 1.92 bits per heavy atom. The van der Waals surface area contributed by atoms with Crippen molar-refractivity contribution in [2.45, 2.75) is 19.6 Å². The van der Waals surface area contributed by atoms with E-state index >= 15 is 0 Å². The number of nitrogens with zero attached hydrogens (tertiary/aromatic N) is 4. The Bertz CT molecular complexity index is 579. The summed E-state index contributed by atoms with van der Waals surface area (Å²) >= 11 is 0. The molecule has 1 N–H and O–H groups in total. The lowest BCUT2D eigenvalue weighted by Gasteiger charge is -2.34. The number of likely N-dealkylation sites (N-methyl/N-ethyl adjacent to an activating group) is 1. The lowest BCUT2D eigenvalue weighted by Crippen LogP contribution is -2.51. The highest BCUT2D eigenvalue weighted by molar-refractivity contribution is 5.95. The van der Waals surface area contributed by atoms with Crippen LogP contribution in [0.4, 0.5) is 13.2 Å². The molecule has 0 aliphatic carbocycles. The summed E-state index contributed by atoms with van der Waals surface area (Å²) in [5, 5.41) is 5.85. The van der Waals surface area contributed by atoms with E-state index in [2.05, 4.69) is 15.3 Å². The Balaban J connectivity index is 1.85. The highest BCUT2D eigenvalue weighted by Crippen LogP contribution is 2.18. The van der Waals surface area contributed by atoms with E-state index in [1.807, 2.05) is 6.92 Å². The molecule has 0 bridgehead atoms. The quantitative estimate of drug-likeness (QED) is 0.834. The number of aromatic nitrogens is 2. The zero-order valence-electron chi connectivity index (χ0n) is 13.3. The fourth-order valence-corrected chi connectivity index (χ4v) is 2.49. The van der Waals surface area contributed by atoms with Crippen LogP contribution in [0, 0.1) is 0 Å². The van der Waals surface area contributed by atoms with Gasteiger partial charge in [-0.05, 0) is 12.6 Å². The molecule has 1 saturated heterocycles. The first-order chi connectivity index (χ1) is 11.3. The molecule has 1 aliphatic heterocycles. The van der Waals surface area contributed by atoms with Gasteiger partial charge in [-0.15, -0.1) is 0 Å². The maximum absolute atomic E-state index is 12.4. The average Bonchev–Trinajstić information content (AvgIpc) is 2.98. The highest BCUT2D eigenvalue weighted by Gasteiger charge is 2.30. The maximum Gasteiger partial charge on any atom is 0.408 e. The van der Waals surface area contributed by atoms with Crippen molar-refractivity contribution in [3.8, 4) is 0 Å². The third kappa shape index (κ3) is 4.95. The summed E-state index contributed by atoms with van der Waals surface area (Å²) in [6, 6.07) is 1.19. The minimum atomic E-state index is -4.48. The predicted octanol–water partition coefficient (Wildman–Crippen LogP) is 0.339. The summed E-state index contributed by atoms with van der Waals surface area (Å²) in [7, 11) is 0. The van der Waals surface area contributed by atoms with Crippen LogP contribution in [-0.4, -0.2) is 76.8 Å². The molecule has 2 rings (SSSR count). The molecule has 0 unspecified atom stereocenters. The van der Waals surface area contributed by atoms with Crippen LogP contribution in [0.15, 0.2) is 12.3 Å². The number of halogens is 3. The summed E-state index contributed by atoms with van der Waals surface area (Å²) in [6.07, 6.45) is -3.36. The zero-order valence-corrected chi connectivity index (χ0v) is 13.3. The molecule has 0 atom stereocenters. The van der Waals surface area contributed by atoms with Crippen molar-refractivity contribution >= 4 is 11.8 Å². The van der Waals surface area contributed by atoms with E-state index in [0.29, 0.717) is 17.8 Å². The van der Waals surface area contributed by atoms with E-state index in [9.17, 15) is 22.8 Å². The van der Waals surface area contributed by atoms with Gasteiger partial charge in [0.15, 0.2) is 0 Å². The van der Waals surface area contributed by atoms with Gasteiger partial charge in [0.05, 0.1) is 6.54 Å². The van der Waals surface area contributed by atoms with Gasteiger partial charge in [-0.2, -0.15) is 18.3 Å². The molecule has 2 amide bonds. The minimum absolute atomic E-state index is 0.226. The van der Waals surface area contributed by atoms with Gasteiger partial charge in [0.2, 0.25) is 5.91 Å². The molecule has 134 valence electrons. The molecular weight excluding hydrogens is 327 g/mol. The summed E-state index contributed by atoms with van der Waals surface area (Å²) in [4.78, 5) is 27.9. The van der Waals surface area contributed by atoms with E-state index in [0.717, 1.165) is 25.8 Å². The summed E-state index contributed by atoms with van der Waals surface area (Å²) in [5.74, 6) is -1.00.